The molecule has 0 aliphatic carbocycles. The van der Waals surface area contributed by atoms with Crippen molar-refractivity contribution in [2.45, 2.75) is 38.0 Å². The summed E-state index contributed by atoms with van der Waals surface area (Å²) in [5.41, 5.74) is 3.93. The Kier molecular flexibility index (Phi) is 4.52. The zero-order chi connectivity index (χ0) is 13.7. The smallest absolute Gasteiger partial charge is 0.320 e. The van der Waals surface area contributed by atoms with E-state index >= 15 is 0 Å². The topological polar surface area (TPSA) is 70.6 Å². The van der Waals surface area contributed by atoms with Gasteiger partial charge in [0.2, 0.25) is 0 Å². The van der Waals surface area contributed by atoms with E-state index in [1.165, 1.54) is 0 Å². The lowest BCUT2D eigenvalue weighted by atomic mass is 9.90. The van der Waals surface area contributed by atoms with Gasteiger partial charge in [0, 0.05) is 6.54 Å². The number of carboxylic acids is 1. The maximum absolute atomic E-state index is 10.9. The van der Waals surface area contributed by atoms with Crippen molar-refractivity contribution in [2.75, 3.05) is 6.54 Å². The molecule has 0 amide bonds. The standard InChI is InChI=1S/C14H20N2O3/c1-14(8-7-12(13(17)18)15-10-14)16-19-9-11-5-3-2-4-6-11/h2-6,12,15-16H,7-10H2,1H3,(H,17,18)/t12-,14+/m0/s1. The molecule has 0 bridgehead atoms. The van der Waals surface area contributed by atoms with Gasteiger partial charge in [-0.2, -0.15) is 5.48 Å². The first kappa shape index (κ1) is 14.0. The molecule has 2 atom stereocenters. The van der Waals surface area contributed by atoms with Crippen molar-refractivity contribution in [2.24, 2.45) is 0 Å². The summed E-state index contributed by atoms with van der Waals surface area (Å²) in [6.07, 6.45) is 1.37. The Balaban J connectivity index is 1.75. The van der Waals surface area contributed by atoms with Gasteiger partial charge in [-0.1, -0.05) is 30.3 Å². The van der Waals surface area contributed by atoms with Crippen molar-refractivity contribution < 1.29 is 14.7 Å². The first-order valence-electron chi connectivity index (χ1n) is 6.48. The molecule has 19 heavy (non-hydrogen) atoms. The van der Waals surface area contributed by atoms with E-state index in [-0.39, 0.29) is 5.54 Å². The predicted octanol–water partition coefficient (Wildman–Crippen LogP) is 1.30. The minimum atomic E-state index is -0.785. The molecule has 0 unspecified atom stereocenters. The van der Waals surface area contributed by atoms with Gasteiger partial charge in [0.05, 0.1) is 12.1 Å². The monoisotopic (exact) mass is 264 g/mol. The highest BCUT2D eigenvalue weighted by Gasteiger charge is 2.33. The van der Waals surface area contributed by atoms with Crippen LogP contribution in [0, 0.1) is 0 Å². The zero-order valence-electron chi connectivity index (χ0n) is 11.1. The van der Waals surface area contributed by atoms with Crippen LogP contribution >= 0.6 is 0 Å². The van der Waals surface area contributed by atoms with Crippen LogP contribution in [0.15, 0.2) is 30.3 Å². The Morgan fingerprint density at radius 2 is 2.26 bits per heavy atom. The molecule has 1 aromatic rings. The molecule has 1 aromatic carbocycles. The number of benzene rings is 1. The Morgan fingerprint density at radius 1 is 1.53 bits per heavy atom. The fourth-order valence-electron chi connectivity index (χ4n) is 2.17. The number of hydroxylamine groups is 1. The first-order valence-corrected chi connectivity index (χ1v) is 6.48. The van der Waals surface area contributed by atoms with E-state index in [0.29, 0.717) is 19.6 Å². The molecule has 1 aliphatic rings. The van der Waals surface area contributed by atoms with Crippen LogP contribution in [0.25, 0.3) is 0 Å². The molecular formula is C14H20N2O3. The Hall–Kier alpha value is -1.43. The number of aliphatic carboxylic acids is 1. The normalized spacial score (nSPS) is 27.1. The van der Waals surface area contributed by atoms with Crippen LogP contribution in [0.3, 0.4) is 0 Å². The summed E-state index contributed by atoms with van der Waals surface area (Å²) in [5.74, 6) is -0.785. The van der Waals surface area contributed by atoms with Gasteiger partial charge in [0.1, 0.15) is 6.04 Å². The zero-order valence-corrected chi connectivity index (χ0v) is 11.1. The fraction of sp³-hybridized carbons (Fsp3) is 0.500. The minimum Gasteiger partial charge on any atom is -0.480 e. The summed E-state index contributed by atoms with van der Waals surface area (Å²) in [6, 6.07) is 9.48. The summed E-state index contributed by atoms with van der Waals surface area (Å²) < 4.78 is 0. The molecule has 5 nitrogen and oxygen atoms in total. The SMILES string of the molecule is C[C@@]1(NOCc2ccccc2)CC[C@@H](C(=O)O)NC1. The summed E-state index contributed by atoms with van der Waals surface area (Å²) in [7, 11) is 0. The maximum atomic E-state index is 10.9. The largest absolute Gasteiger partial charge is 0.480 e. The van der Waals surface area contributed by atoms with E-state index in [9.17, 15) is 4.79 Å². The summed E-state index contributed by atoms with van der Waals surface area (Å²) in [6.45, 7) is 3.11. The molecule has 1 fully saturated rings. The molecule has 0 aromatic heterocycles. The molecular weight excluding hydrogens is 244 g/mol. The van der Waals surface area contributed by atoms with Crippen LogP contribution in [-0.4, -0.2) is 29.2 Å². The van der Waals surface area contributed by atoms with Crippen LogP contribution in [0.4, 0.5) is 0 Å². The predicted molar refractivity (Wildman–Crippen MR) is 71.4 cm³/mol. The van der Waals surface area contributed by atoms with Crippen LogP contribution in [0.1, 0.15) is 25.3 Å². The van der Waals surface area contributed by atoms with Crippen molar-refractivity contribution in [3.8, 4) is 0 Å². The second-order valence-electron chi connectivity index (χ2n) is 5.25. The van der Waals surface area contributed by atoms with Gasteiger partial charge in [-0.05, 0) is 25.3 Å². The van der Waals surface area contributed by atoms with E-state index in [1.54, 1.807) is 0 Å². The molecule has 104 valence electrons. The van der Waals surface area contributed by atoms with Crippen molar-refractivity contribution >= 4 is 5.97 Å². The lowest BCUT2D eigenvalue weighted by molar-refractivity contribution is -0.141. The summed E-state index contributed by atoms with van der Waals surface area (Å²) >= 11 is 0. The maximum Gasteiger partial charge on any atom is 0.320 e. The van der Waals surface area contributed by atoms with E-state index in [4.69, 9.17) is 9.94 Å². The number of piperidine rings is 1. The van der Waals surface area contributed by atoms with Crippen LogP contribution < -0.4 is 10.8 Å². The van der Waals surface area contributed by atoms with E-state index < -0.39 is 12.0 Å². The molecule has 3 N–H and O–H groups in total. The second kappa shape index (κ2) is 6.14. The number of rotatable bonds is 5. The molecule has 1 heterocycles. The van der Waals surface area contributed by atoms with Crippen molar-refractivity contribution in [3.05, 3.63) is 35.9 Å². The highest BCUT2D eigenvalue weighted by atomic mass is 16.6. The van der Waals surface area contributed by atoms with Gasteiger partial charge in [-0.3, -0.25) is 9.63 Å². The van der Waals surface area contributed by atoms with Crippen molar-refractivity contribution in [3.63, 3.8) is 0 Å². The Bertz CT molecular complexity index is 414. The van der Waals surface area contributed by atoms with E-state index in [2.05, 4.69) is 10.8 Å². The van der Waals surface area contributed by atoms with Crippen LogP contribution in [-0.2, 0) is 16.2 Å². The lowest BCUT2D eigenvalue weighted by Crippen LogP contribution is -2.58. The van der Waals surface area contributed by atoms with Crippen molar-refractivity contribution in [1.29, 1.82) is 0 Å². The summed E-state index contributed by atoms with van der Waals surface area (Å²) in [4.78, 5) is 16.4. The third-order valence-electron chi connectivity index (χ3n) is 3.42. The molecule has 0 saturated carbocycles. The minimum absolute atomic E-state index is 0.221. The average molecular weight is 264 g/mol. The number of hydrogen-bond donors (Lipinski definition) is 3. The Labute approximate surface area is 112 Å². The van der Waals surface area contributed by atoms with Gasteiger partial charge >= 0.3 is 5.97 Å². The Morgan fingerprint density at radius 3 is 2.84 bits per heavy atom. The van der Waals surface area contributed by atoms with E-state index in [0.717, 1.165) is 12.0 Å². The van der Waals surface area contributed by atoms with E-state index in [1.807, 2.05) is 37.3 Å². The molecule has 0 radical (unpaired) electrons. The van der Waals surface area contributed by atoms with Gasteiger partial charge in [-0.25, -0.2) is 0 Å². The van der Waals surface area contributed by atoms with Crippen molar-refractivity contribution in [1.82, 2.24) is 10.8 Å². The average Bonchev–Trinajstić information content (AvgIpc) is 2.40. The van der Waals surface area contributed by atoms with Gasteiger partial charge in [-0.15, -0.1) is 0 Å². The number of nitrogens with one attached hydrogen (secondary N) is 2. The van der Waals surface area contributed by atoms with Gasteiger partial charge in [0.15, 0.2) is 0 Å². The molecule has 1 aliphatic heterocycles. The molecule has 2 rings (SSSR count). The summed E-state index contributed by atoms with van der Waals surface area (Å²) in [5, 5.41) is 11.9. The molecule has 5 heteroatoms. The highest BCUT2D eigenvalue weighted by Crippen LogP contribution is 2.19. The number of carboxylic acid groups (broad SMARTS) is 1. The number of hydrogen-bond acceptors (Lipinski definition) is 4. The van der Waals surface area contributed by atoms with Crippen LogP contribution in [0.2, 0.25) is 0 Å². The number of carbonyl (C=O) groups is 1. The lowest BCUT2D eigenvalue weighted by Gasteiger charge is -2.36. The fourth-order valence-corrected chi connectivity index (χ4v) is 2.17. The second-order valence-corrected chi connectivity index (χ2v) is 5.25. The van der Waals surface area contributed by atoms with Gasteiger partial charge in [0.25, 0.3) is 0 Å². The molecule has 0 spiro atoms. The van der Waals surface area contributed by atoms with Gasteiger partial charge < -0.3 is 10.4 Å². The van der Waals surface area contributed by atoms with Crippen LogP contribution in [0.5, 0.6) is 0 Å². The third kappa shape index (κ3) is 4.02. The molecule has 1 saturated heterocycles. The first-order chi connectivity index (χ1) is 9.09. The quantitative estimate of drug-likeness (QED) is 0.699. The highest BCUT2D eigenvalue weighted by molar-refractivity contribution is 5.73. The third-order valence-corrected chi connectivity index (χ3v) is 3.42.